The maximum absolute atomic E-state index is 11.8. The van der Waals surface area contributed by atoms with Crippen LogP contribution in [0.4, 0.5) is 5.69 Å². The highest BCUT2D eigenvalue weighted by molar-refractivity contribution is 5.94. The fraction of sp³-hybridized carbons (Fsp3) is 0.385. The summed E-state index contributed by atoms with van der Waals surface area (Å²) in [5.74, 6) is -0.554. The molecule has 0 spiro atoms. The first-order valence-electron chi connectivity index (χ1n) is 5.92. The Labute approximate surface area is 106 Å². The van der Waals surface area contributed by atoms with Gasteiger partial charge in [0, 0.05) is 12.2 Å². The van der Waals surface area contributed by atoms with E-state index in [2.05, 4.69) is 10.6 Å². The van der Waals surface area contributed by atoms with E-state index in [0.717, 1.165) is 11.3 Å². The number of carbonyl (C=O) groups is 2. The summed E-state index contributed by atoms with van der Waals surface area (Å²) in [5.41, 5.74) is 1.76. The Morgan fingerprint density at radius 1 is 1.50 bits per heavy atom. The van der Waals surface area contributed by atoms with E-state index in [9.17, 15) is 9.59 Å². The maximum atomic E-state index is 11.8. The monoisotopic (exact) mass is 248 g/mol. The van der Waals surface area contributed by atoms with Gasteiger partial charge in [0.25, 0.3) is 0 Å². The molecule has 1 aliphatic heterocycles. The quantitative estimate of drug-likeness (QED) is 0.778. The van der Waals surface area contributed by atoms with Crippen LogP contribution in [-0.2, 0) is 14.3 Å². The molecule has 1 aromatic carbocycles. The normalized spacial score (nSPS) is 19.2. The molecule has 0 aliphatic carbocycles. The Bertz CT molecular complexity index is 459. The van der Waals surface area contributed by atoms with Gasteiger partial charge in [0.1, 0.15) is 12.6 Å². The average Bonchev–Trinajstić information content (AvgIpc) is 2.35. The van der Waals surface area contributed by atoms with Gasteiger partial charge in [-0.15, -0.1) is 0 Å². The van der Waals surface area contributed by atoms with Crippen LogP contribution in [0.3, 0.4) is 0 Å². The molecule has 96 valence electrons. The average molecular weight is 248 g/mol. The lowest BCUT2D eigenvalue weighted by Crippen LogP contribution is -2.47. The van der Waals surface area contributed by atoms with Crippen molar-refractivity contribution in [3.63, 3.8) is 0 Å². The summed E-state index contributed by atoms with van der Waals surface area (Å²) < 4.78 is 4.88. The van der Waals surface area contributed by atoms with Gasteiger partial charge >= 0.3 is 5.97 Å². The van der Waals surface area contributed by atoms with Crippen molar-refractivity contribution in [2.24, 2.45) is 0 Å². The number of morpholine rings is 1. The van der Waals surface area contributed by atoms with E-state index in [1.54, 1.807) is 0 Å². The van der Waals surface area contributed by atoms with Gasteiger partial charge in [0.2, 0.25) is 5.91 Å². The van der Waals surface area contributed by atoms with Gasteiger partial charge in [0.15, 0.2) is 0 Å². The Balaban J connectivity index is 1.92. The van der Waals surface area contributed by atoms with E-state index in [1.165, 1.54) is 0 Å². The minimum absolute atomic E-state index is 0.0904. The molecule has 1 amide bonds. The second-order valence-corrected chi connectivity index (χ2v) is 4.24. The second-order valence-electron chi connectivity index (χ2n) is 4.24. The third-order valence-electron chi connectivity index (χ3n) is 2.83. The lowest BCUT2D eigenvalue weighted by Gasteiger charge is -2.22. The van der Waals surface area contributed by atoms with Crippen molar-refractivity contribution in [1.29, 1.82) is 0 Å². The highest BCUT2D eigenvalue weighted by Gasteiger charge is 2.25. The lowest BCUT2D eigenvalue weighted by atomic mass is 10.1. The Kier molecular flexibility index (Phi) is 3.94. The van der Waals surface area contributed by atoms with Gasteiger partial charge in [-0.05, 0) is 18.6 Å². The van der Waals surface area contributed by atoms with Gasteiger partial charge in [0.05, 0.1) is 6.42 Å². The lowest BCUT2D eigenvalue weighted by molar-refractivity contribution is -0.150. The van der Waals surface area contributed by atoms with Crippen LogP contribution in [0.1, 0.15) is 12.0 Å². The van der Waals surface area contributed by atoms with Crippen molar-refractivity contribution >= 4 is 17.6 Å². The van der Waals surface area contributed by atoms with E-state index in [0.29, 0.717) is 13.2 Å². The molecule has 0 radical (unpaired) electrons. The molecule has 1 saturated heterocycles. The molecular weight excluding hydrogens is 232 g/mol. The van der Waals surface area contributed by atoms with E-state index in [-0.39, 0.29) is 18.3 Å². The molecule has 5 heteroatoms. The summed E-state index contributed by atoms with van der Waals surface area (Å²) in [6.45, 7) is 2.88. The molecule has 0 saturated carbocycles. The van der Waals surface area contributed by atoms with Crippen LogP contribution in [0.15, 0.2) is 24.3 Å². The molecule has 5 nitrogen and oxygen atoms in total. The van der Waals surface area contributed by atoms with Crippen molar-refractivity contribution < 1.29 is 14.3 Å². The first-order chi connectivity index (χ1) is 8.66. The van der Waals surface area contributed by atoms with Crippen molar-refractivity contribution in [1.82, 2.24) is 5.32 Å². The molecule has 1 aromatic rings. The maximum Gasteiger partial charge on any atom is 0.323 e. The third-order valence-corrected chi connectivity index (χ3v) is 2.83. The van der Waals surface area contributed by atoms with Crippen molar-refractivity contribution in [2.45, 2.75) is 19.4 Å². The van der Waals surface area contributed by atoms with Gasteiger partial charge in [-0.3, -0.25) is 9.59 Å². The molecule has 1 fully saturated rings. The number of rotatable bonds is 3. The zero-order valence-electron chi connectivity index (χ0n) is 10.2. The summed E-state index contributed by atoms with van der Waals surface area (Å²) in [7, 11) is 0. The minimum atomic E-state index is -0.539. The molecule has 1 atom stereocenters. The van der Waals surface area contributed by atoms with Crippen LogP contribution in [0, 0.1) is 6.92 Å². The predicted molar refractivity (Wildman–Crippen MR) is 67.2 cm³/mol. The van der Waals surface area contributed by atoms with Crippen LogP contribution in [0.5, 0.6) is 0 Å². The van der Waals surface area contributed by atoms with E-state index in [1.807, 2.05) is 31.2 Å². The van der Waals surface area contributed by atoms with E-state index in [4.69, 9.17) is 4.74 Å². The number of hydrogen-bond acceptors (Lipinski definition) is 4. The number of cyclic esters (lactones) is 1. The molecule has 18 heavy (non-hydrogen) atoms. The first kappa shape index (κ1) is 12.6. The van der Waals surface area contributed by atoms with E-state index < -0.39 is 6.04 Å². The second kappa shape index (κ2) is 5.64. The number of aryl methyl sites for hydroxylation is 1. The zero-order chi connectivity index (χ0) is 13.0. The number of para-hydroxylation sites is 1. The molecule has 2 N–H and O–H groups in total. The Morgan fingerprint density at radius 2 is 2.28 bits per heavy atom. The third kappa shape index (κ3) is 3.07. The molecule has 1 aliphatic rings. The van der Waals surface area contributed by atoms with Crippen LogP contribution in [0.2, 0.25) is 0 Å². The number of anilines is 1. The number of carbonyl (C=O) groups excluding carboxylic acids is 2. The molecule has 0 bridgehead atoms. The fourth-order valence-corrected chi connectivity index (χ4v) is 1.82. The molecule has 2 rings (SSSR count). The first-order valence-corrected chi connectivity index (χ1v) is 5.92. The fourth-order valence-electron chi connectivity index (χ4n) is 1.82. The molecule has 0 aromatic heterocycles. The number of amides is 1. The topological polar surface area (TPSA) is 67.4 Å². The number of nitrogens with one attached hydrogen (secondary N) is 2. The molecule has 1 unspecified atom stereocenters. The van der Waals surface area contributed by atoms with Gasteiger partial charge in [-0.2, -0.15) is 0 Å². The SMILES string of the molecule is Cc1ccccc1NC(=O)CC1NCCOC1=O. The van der Waals surface area contributed by atoms with Gasteiger partial charge in [-0.25, -0.2) is 0 Å². The van der Waals surface area contributed by atoms with Gasteiger partial charge in [-0.1, -0.05) is 18.2 Å². The van der Waals surface area contributed by atoms with Crippen molar-refractivity contribution in [2.75, 3.05) is 18.5 Å². The van der Waals surface area contributed by atoms with Crippen LogP contribution >= 0.6 is 0 Å². The summed E-state index contributed by atoms with van der Waals surface area (Å²) in [6, 6.07) is 6.98. The number of benzene rings is 1. The van der Waals surface area contributed by atoms with Crippen molar-refractivity contribution in [3.8, 4) is 0 Å². The predicted octanol–water partition coefficient (Wildman–Crippen LogP) is 0.839. The van der Waals surface area contributed by atoms with Gasteiger partial charge < -0.3 is 15.4 Å². The van der Waals surface area contributed by atoms with Crippen molar-refractivity contribution in [3.05, 3.63) is 29.8 Å². The van der Waals surface area contributed by atoms with Crippen LogP contribution < -0.4 is 10.6 Å². The smallest absolute Gasteiger partial charge is 0.323 e. The highest BCUT2D eigenvalue weighted by atomic mass is 16.5. The zero-order valence-corrected chi connectivity index (χ0v) is 10.2. The van der Waals surface area contributed by atoms with Crippen LogP contribution in [-0.4, -0.2) is 31.1 Å². The van der Waals surface area contributed by atoms with Crippen LogP contribution in [0.25, 0.3) is 0 Å². The number of ether oxygens (including phenoxy) is 1. The highest BCUT2D eigenvalue weighted by Crippen LogP contribution is 2.14. The minimum Gasteiger partial charge on any atom is -0.463 e. The molecule has 1 heterocycles. The molecular formula is C13H16N2O3. The largest absolute Gasteiger partial charge is 0.463 e. The van der Waals surface area contributed by atoms with E-state index >= 15 is 0 Å². The summed E-state index contributed by atoms with van der Waals surface area (Å²) in [4.78, 5) is 23.2. The summed E-state index contributed by atoms with van der Waals surface area (Å²) in [6.07, 6.45) is 0.0904. The Morgan fingerprint density at radius 3 is 3.00 bits per heavy atom. The number of esters is 1. The Hall–Kier alpha value is -1.88. The number of hydrogen-bond donors (Lipinski definition) is 2. The summed E-state index contributed by atoms with van der Waals surface area (Å²) >= 11 is 0. The summed E-state index contributed by atoms with van der Waals surface area (Å²) in [5, 5.41) is 5.76. The standard InChI is InChI=1S/C13H16N2O3/c1-9-4-2-3-5-10(9)15-12(16)8-11-13(17)18-7-6-14-11/h2-5,11,14H,6-8H2,1H3,(H,15,16).